The Hall–Kier alpha value is -1.85. The van der Waals surface area contributed by atoms with Gasteiger partial charge in [-0.05, 0) is 54.0 Å². The third kappa shape index (κ3) is 2.72. The number of rotatable bonds is 4. The Morgan fingerprint density at radius 3 is 2.42 bits per heavy atom. The Kier molecular flexibility index (Phi) is 4.92. The third-order valence-electron chi connectivity index (χ3n) is 4.49. The molecule has 0 unspecified atom stereocenters. The van der Waals surface area contributed by atoms with E-state index in [9.17, 15) is 5.11 Å². The van der Waals surface area contributed by atoms with Gasteiger partial charge in [0.05, 0.1) is 27.4 Å². The van der Waals surface area contributed by atoms with E-state index in [1.165, 1.54) is 0 Å². The summed E-state index contributed by atoms with van der Waals surface area (Å²) in [6, 6.07) is 8.18. The Morgan fingerprint density at radius 2 is 1.79 bits per heavy atom. The number of benzene rings is 2. The molecule has 2 aromatic carbocycles. The number of aliphatic hydroxyl groups is 1. The highest BCUT2D eigenvalue weighted by molar-refractivity contribution is 7.98. The van der Waals surface area contributed by atoms with Gasteiger partial charge in [-0.15, -0.1) is 11.8 Å². The lowest BCUT2D eigenvalue weighted by molar-refractivity contribution is 0.169. The van der Waals surface area contributed by atoms with Gasteiger partial charge in [0, 0.05) is 10.5 Å². The summed E-state index contributed by atoms with van der Waals surface area (Å²) in [4.78, 5) is 1.13. The SMILES string of the molecule is COc1cc2c(c(OC)c1OC)-c1ccc(SC)cc1[C@H](O)CC2. The van der Waals surface area contributed by atoms with Crippen LogP contribution in [0.2, 0.25) is 0 Å². The topological polar surface area (TPSA) is 47.9 Å². The molecule has 128 valence electrons. The molecule has 0 bridgehead atoms. The molecule has 0 aliphatic heterocycles. The van der Waals surface area contributed by atoms with E-state index in [1.807, 2.05) is 12.3 Å². The van der Waals surface area contributed by atoms with Crippen LogP contribution in [0.3, 0.4) is 0 Å². The van der Waals surface area contributed by atoms with Gasteiger partial charge in [-0.3, -0.25) is 0 Å². The Bertz CT molecular complexity index is 758. The summed E-state index contributed by atoms with van der Waals surface area (Å²) in [6.45, 7) is 0. The van der Waals surface area contributed by atoms with Crippen molar-refractivity contribution in [1.82, 2.24) is 0 Å². The van der Waals surface area contributed by atoms with Gasteiger partial charge in [0.2, 0.25) is 5.75 Å². The number of aryl methyl sites for hydroxylation is 1. The fraction of sp³-hybridized carbons (Fsp3) is 0.368. The maximum Gasteiger partial charge on any atom is 0.203 e. The van der Waals surface area contributed by atoms with Gasteiger partial charge in [0.15, 0.2) is 11.5 Å². The average molecular weight is 346 g/mol. The summed E-state index contributed by atoms with van der Waals surface area (Å²) < 4.78 is 16.7. The molecule has 0 radical (unpaired) electrons. The van der Waals surface area contributed by atoms with Gasteiger partial charge in [-0.1, -0.05) is 6.07 Å². The molecule has 4 nitrogen and oxygen atoms in total. The van der Waals surface area contributed by atoms with Crippen LogP contribution in [-0.2, 0) is 6.42 Å². The Morgan fingerprint density at radius 1 is 1.04 bits per heavy atom. The van der Waals surface area contributed by atoms with Gasteiger partial charge >= 0.3 is 0 Å². The molecule has 1 atom stereocenters. The maximum atomic E-state index is 10.6. The van der Waals surface area contributed by atoms with E-state index in [0.717, 1.165) is 33.6 Å². The zero-order valence-corrected chi connectivity index (χ0v) is 15.2. The van der Waals surface area contributed by atoms with Crippen molar-refractivity contribution in [1.29, 1.82) is 0 Å². The van der Waals surface area contributed by atoms with Crippen molar-refractivity contribution in [3.63, 3.8) is 0 Å². The molecule has 0 spiro atoms. The molecule has 0 heterocycles. The van der Waals surface area contributed by atoms with E-state index in [0.29, 0.717) is 23.7 Å². The highest BCUT2D eigenvalue weighted by Crippen LogP contribution is 2.50. The zero-order chi connectivity index (χ0) is 17.3. The summed E-state index contributed by atoms with van der Waals surface area (Å²) >= 11 is 1.67. The smallest absolute Gasteiger partial charge is 0.203 e. The molecule has 5 heteroatoms. The predicted octanol–water partition coefficient (Wildman–Crippen LogP) is 4.08. The molecule has 0 amide bonds. The summed E-state index contributed by atoms with van der Waals surface area (Å²) in [6.07, 6.45) is 2.95. The monoisotopic (exact) mass is 346 g/mol. The number of methoxy groups -OCH3 is 3. The number of thioether (sulfide) groups is 1. The van der Waals surface area contributed by atoms with Crippen LogP contribution >= 0.6 is 11.8 Å². The van der Waals surface area contributed by atoms with E-state index in [-0.39, 0.29) is 0 Å². The van der Waals surface area contributed by atoms with Crippen LogP contribution in [0.25, 0.3) is 11.1 Å². The van der Waals surface area contributed by atoms with Crippen LogP contribution in [0.1, 0.15) is 23.7 Å². The average Bonchev–Trinajstić information content (AvgIpc) is 2.76. The molecule has 0 saturated heterocycles. The van der Waals surface area contributed by atoms with Crippen molar-refractivity contribution in [2.75, 3.05) is 27.6 Å². The number of fused-ring (bicyclic) bond motifs is 3. The van der Waals surface area contributed by atoms with Crippen molar-refractivity contribution in [2.45, 2.75) is 23.8 Å². The standard InChI is InChI=1S/C19H22O4S/c1-21-16-9-11-5-8-15(20)14-10-12(24-4)6-7-13(14)17(11)19(23-3)18(16)22-2/h6-7,9-10,15,20H,5,8H2,1-4H3/t15-/m1/s1. The van der Waals surface area contributed by atoms with Crippen LogP contribution in [-0.4, -0.2) is 32.7 Å². The number of hydrogen-bond donors (Lipinski definition) is 1. The van der Waals surface area contributed by atoms with Crippen LogP contribution in [0.5, 0.6) is 17.2 Å². The molecule has 0 saturated carbocycles. The molecule has 1 aliphatic carbocycles. The largest absolute Gasteiger partial charge is 0.493 e. The number of ether oxygens (including phenoxy) is 3. The van der Waals surface area contributed by atoms with Gasteiger partial charge in [0.25, 0.3) is 0 Å². The molecule has 2 aromatic rings. The second-order valence-electron chi connectivity index (χ2n) is 5.69. The predicted molar refractivity (Wildman–Crippen MR) is 96.6 cm³/mol. The fourth-order valence-corrected chi connectivity index (χ4v) is 3.77. The highest BCUT2D eigenvalue weighted by Gasteiger charge is 2.28. The maximum absolute atomic E-state index is 10.6. The van der Waals surface area contributed by atoms with Crippen molar-refractivity contribution in [3.8, 4) is 28.4 Å². The Labute approximate surface area is 146 Å². The summed E-state index contributed by atoms with van der Waals surface area (Å²) in [5.41, 5.74) is 4.00. The van der Waals surface area contributed by atoms with E-state index in [1.54, 1.807) is 33.1 Å². The molecule has 1 aliphatic rings. The zero-order valence-electron chi connectivity index (χ0n) is 14.4. The van der Waals surface area contributed by atoms with E-state index < -0.39 is 6.10 Å². The van der Waals surface area contributed by atoms with Gasteiger partial charge in [0.1, 0.15) is 0 Å². The molecular weight excluding hydrogens is 324 g/mol. The van der Waals surface area contributed by atoms with E-state index in [2.05, 4.69) is 18.2 Å². The molecule has 3 rings (SSSR count). The van der Waals surface area contributed by atoms with Crippen molar-refractivity contribution in [3.05, 3.63) is 35.4 Å². The minimum absolute atomic E-state index is 0.499. The van der Waals surface area contributed by atoms with E-state index >= 15 is 0 Å². The van der Waals surface area contributed by atoms with Gasteiger partial charge in [-0.2, -0.15) is 0 Å². The first-order valence-corrected chi connectivity index (χ1v) is 9.05. The van der Waals surface area contributed by atoms with Crippen LogP contribution < -0.4 is 14.2 Å². The summed E-state index contributed by atoms with van der Waals surface area (Å²) in [5, 5.41) is 10.6. The van der Waals surface area contributed by atoms with Crippen molar-refractivity contribution < 1.29 is 19.3 Å². The first kappa shape index (κ1) is 17.0. The van der Waals surface area contributed by atoms with Crippen LogP contribution in [0, 0.1) is 0 Å². The molecule has 1 N–H and O–H groups in total. The highest BCUT2D eigenvalue weighted by atomic mass is 32.2. The lowest BCUT2D eigenvalue weighted by Gasteiger charge is -2.20. The van der Waals surface area contributed by atoms with Crippen molar-refractivity contribution in [2.24, 2.45) is 0 Å². The number of hydrogen-bond acceptors (Lipinski definition) is 5. The summed E-state index contributed by atoms with van der Waals surface area (Å²) in [5.74, 6) is 1.88. The molecule has 0 aromatic heterocycles. The first-order valence-electron chi connectivity index (χ1n) is 7.82. The van der Waals surface area contributed by atoms with Crippen LogP contribution in [0.15, 0.2) is 29.2 Å². The number of aliphatic hydroxyl groups excluding tert-OH is 1. The van der Waals surface area contributed by atoms with Gasteiger partial charge < -0.3 is 19.3 Å². The molecule has 0 fully saturated rings. The molecular formula is C19H22O4S. The van der Waals surface area contributed by atoms with Crippen LogP contribution in [0.4, 0.5) is 0 Å². The quantitative estimate of drug-likeness (QED) is 0.845. The second-order valence-corrected chi connectivity index (χ2v) is 6.57. The summed E-state index contributed by atoms with van der Waals surface area (Å²) in [7, 11) is 4.86. The normalized spacial score (nSPS) is 16.0. The Balaban J connectivity index is 2.34. The fourth-order valence-electron chi connectivity index (χ4n) is 3.32. The lowest BCUT2D eigenvalue weighted by atomic mass is 9.94. The van der Waals surface area contributed by atoms with Crippen molar-refractivity contribution >= 4 is 11.8 Å². The first-order chi connectivity index (χ1) is 11.6. The second kappa shape index (κ2) is 6.95. The molecule has 24 heavy (non-hydrogen) atoms. The lowest BCUT2D eigenvalue weighted by Crippen LogP contribution is -2.00. The van der Waals surface area contributed by atoms with E-state index in [4.69, 9.17) is 14.2 Å². The minimum Gasteiger partial charge on any atom is -0.493 e. The minimum atomic E-state index is -0.499. The van der Waals surface area contributed by atoms with Gasteiger partial charge in [-0.25, -0.2) is 0 Å². The third-order valence-corrected chi connectivity index (χ3v) is 5.21.